The van der Waals surface area contributed by atoms with Gasteiger partial charge >= 0.3 is 0 Å². The molecule has 0 unspecified atom stereocenters. The summed E-state index contributed by atoms with van der Waals surface area (Å²) in [5.41, 5.74) is 6.73. The molecule has 0 atom stereocenters. The number of rotatable bonds is 2. The van der Waals surface area contributed by atoms with E-state index in [2.05, 4.69) is 0 Å². The van der Waals surface area contributed by atoms with Crippen molar-refractivity contribution in [3.05, 3.63) is 23.8 Å². The summed E-state index contributed by atoms with van der Waals surface area (Å²) >= 11 is 0. The van der Waals surface area contributed by atoms with Crippen molar-refractivity contribution in [1.82, 2.24) is 9.21 Å². The first kappa shape index (κ1) is 13.8. The number of benzene rings is 1. The van der Waals surface area contributed by atoms with Crippen LogP contribution in [0.1, 0.15) is 5.56 Å². The maximum absolute atomic E-state index is 12.5. The van der Waals surface area contributed by atoms with E-state index in [0.717, 1.165) is 0 Å². The van der Waals surface area contributed by atoms with Crippen molar-refractivity contribution in [2.45, 2.75) is 11.8 Å². The Morgan fingerprint density at radius 2 is 1.95 bits per heavy atom. The number of aryl methyl sites for hydroxylation is 1. The van der Waals surface area contributed by atoms with Crippen molar-refractivity contribution >= 4 is 21.6 Å². The van der Waals surface area contributed by atoms with Gasteiger partial charge in [-0.15, -0.1) is 0 Å². The summed E-state index contributed by atoms with van der Waals surface area (Å²) in [6, 6.07) is 4.66. The van der Waals surface area contributed by atoms with Gasteiger partial charge in [-0.05, 0) is 30.7 Å². The average Bonchev–Trinajstić information content (AvgIpc) is 2.32. The van der Waals surface area contributed by atoms with Crippen LogP contribution >= 0.6 is 0 Å². The number of hydrogen-bond acceptors (Lipinski definition) is 4. The number of nitrogen functional groups attached to an aromatic ring is 1. The van der Waals surface area contributed by atoms with Crippen molar-refractivity contribution in [3.8, 4) is 0 Å². The topological polar surface area (TPSA) is 83.7 Å². The second kappa shape index (κ2) is 4.82. The van der Waals surface area contributed by atoms with Crippen LogP contribution in [-0.4, -0.2) is 50.2 Å². The summed E-state index contributed by atoms with van der Waals surface area (Å²) in [5, 5.41) is 0. The van der Waals surface area contributed by atoms with Gasteiger partial charge in [0.2, 0.25) is 15.9 Å². The summed E-state index contributed by atoms with van der Waals surface area (Å²) < 4.78 is 26.2. The summed E-state index contributed by atoms with van der Waals surface area (Å²) in [6.07, 6.45) is 0. The van der Waals surface area contributed by atoms with Gasteiger partial charge < -0.3 is 10.6 Å². The van der Waals surface area contributed by atoms with E-state index in [4.69, 9.17) is 5.73 Å². The molecule has 6 nitrogen and oxygen atoms in total. The molecule has 1 aromatic rings. The number of nitrogens with zero attached hydrogens (tertiary/aromatic N) is 2. The lowest BCUT2D eigenvalue weighted by molar-refractivity contribution is -0.132. The van der Waals surface area contributed by atoms with Gasteiger partial charge in [-0.1, -0.05) is 0 Å². The Kier molecular flexibility index (Phi) is 3.51. The SMILES string of the molecule is Cc1cc(N)ccc1S(=O)(=O)N1CCN(C)C(=O)C1. The minimum absolute atomic E-state index is 0.108. The molecule has 0 spiro atoms. The van der Waals surface area contributed by atoms with Gasteiger partial charge in [0.05, 0.1) is 11.4 Å². The van der Waals surface area contributed by atoms with Crippen molar-refractivity contribution in [2.24, 2.45) is 0 Å². The van der Waals surface area contributed by atoms with Gasteiger partial charge in [0.1, 0.15) is 0 Å². The van der Waals surface area contributed by atoms with Gasteiger partial charge in [0.25, 0.3) is 0 Å². The number of piperazine rings is 1. The van der Waals surface area contributed by atoms with Crippen LogP contribution in [0.15, 0.2) is 23.1 Å². The predicted octanol–water partition coefficient (Wildman–Crippen LogP) is 0.0399. The third kappa shape index (κ3) is 2.57. The fourth-order valence-corrected chi connectivity index (χ4v) is 3.63. The highest BCUT2D eigenvalue weighted by molar-refractivity contribution is 7.89. The molecule has 1 aliphatic heterocycles. The van der Waals surface area contributed by atoms with Crippen molar-refractivity contribution in [2.75, 3.05) is 32.4 Å². The highest BCUT2D eigenvalue weighted by Gasteiger charge is 2.32. The third-order valence-electron chi connectivity index (χ3n) is 3.24. The van der Waals surface area contributed by atoms with E-state index in [1.807, 2.05) is 0 Å². The Labute approximate surface area is 112 Å². The zero-order chi connectivity index (χ0) is 14.2. The first-order valence-electron chi connectivity index (χ1n) is 5.92. The monoisotopic (exact) mass is 283 g/mol. The van der Waals surface area contributed by atoms with E-state index in [1.54, 1.807) is 26.1 Å². The van der Waals surface area contributed by atoms with Crippen LogP contribution in [0.2, 0.25) is 0 Å². The molecular formula is C12H17N3O3S. The molecule has 1 aromatic carbocycles. The fourth-order valence-electron chi connectivity index (χ4n) is 2.04. The molecule has 0 bridgehead atoms. The Hall–Kier alpha value is -1.60. The molecule has 1 aliphatic rings. The van der Waals surface area contributed by atoms with E-state index in [0.29, 0.717) is 24.3 Å². The maximum atomic E-state index is 12.5. The normalized spacial score (nSPS) is 17.8. The molecule has 2 rings (SSSR count). The minimum Gasteiger partial charge on any atom is -0.399 e. The van der Waals surface area contributed by atoms with Gasteiger partial charge in [0.15, 0.2) is 0 Å². The Morgan fingerprint density at radius 1 is 1.26 bits per heavy atom. The summed E-state index contributed by atoms with van der Waals surface area (Å²) in [7, 11) is -1.97. The van der Waals surface area contributed by atoms with Crippen LogP contribution in [0.4, 0.5) is 5.69 Å². The van der Waals surface area contributed by atoms with Gasteiger partial charge in [0, 0.05) is 25.8 Å². The third-order valence-corrected chi connectivity index (χ3v) is 5.24. The number of carbonyl (C=O) groups excluding carboxylic acids is 1. The van der Waals surface area contributed by atoms with Crippen LogP contribution in [-0.2, 0) is 14.8 Å². The zero-order valence-corrected chi connectivity index (χ0v) is 11.8. The van der Waals surface area contributed by atoms with Crippen LogP contribution in [0.3, 0.4) is 0 Å². The van der Waals surface area contributed by atoms with Crippen LogP contribution in [0.25, 0.3) is 0 Å². The number of sulfonamides is 1. The first-order valence-corrected chi connectivity index (χ1v) is 7.36. The first-order chi connectivity index (χ1) is 8.82. The van der Waals surface area contributed by atoms with Crippen molar-refractivity contribution in [1.29, 1.82) is 0 Å². The van der Waals surface area contributed by atoms with E-state index < -0.39 is 10.0 Å². The largest absolute Gasteiger partial charge is 0.399 e. The quantitative estimate of drug-likeness (QED) is 0.777. The van der Waals surface area contributed by atoms with E-state index in [9.17, 15) is 13.2 Å². The smallest absolute Gasteiger partial charge is 0.243 e. The lowest BCUT2D eigenvalue weighted by Crippen LogP contribution is -2.50. The molecule has 104 valence electrons. The highest BCUT2D eigenvalue weighted by atomic mass is 32.2. The Morgan fingerprint density at radius 3 is 2.53 bits per heavy atom. The molecule has 0 radical (unpaired) electrons. The predicted molar refractivity (Wildman–Crippen MR) is 72.0 cm³/mol. The van der Waals surface area contributed by atoms with E-state index >= 15 is 0 Å². The Bertz CT molecular complexity index is 613. The lowest BCUT2D eigenvalue weighted by Gasteiger charge is -2.31. The molecule has 1 heterocycles. The number of hydrogen-bond donors (Lipinski definition) is 1. The Balaban J connectivity index is 2.35. The van der Waals surface area contributed by atoms with Gasteiger partial charge in [-0.25, -0.2) is 8.42 Å². The van der Waals surface area contributed by atoms with Crippen LogP contribution in [0, 0.1) is 6.92 Å². The standard InChI is InChI=1S/C12H17N3O3S/c1-9-7-10(13)3-4-11(9)19(17,18)15-6-5-14(2)12(16)8-15/h3-4,7H,5-6,8,13H2,1-2H3. The number of amides is 1. The van der Waals surface area contributed by atoms with E-state index in [-0.39, 0.29) is 17.3 Å². The van der Waals surface area contributed by atoms with Crippen molar-refractivity contribution in [3.63, 3.8) is 0 Å². The second-order valence-electron chi connectivity index (χ2n) is 4.68. The number of likely N-dealkylation sites (N-methyl/N-ethyl adjacent to an activating group) is 1. The molecule has 2 N–H and O–H groups in total. The summed E-state index contributed by atoms with van der Waals surface area (Å²) in [6.45, 7) is 2.31. The van der Waals surface area contributed by atoms with Gasteiger partial charge in [-0.2, -0.15) is 4.31 Å². The molecule has 19 heavy (non-hydrogen) atoms. The van der Waals surface area contributed by atoms with Crippen molar-refractivity contribution < 1.29 is 13.2 Å². The number of anilines is 1. The molecule has 0 aliphatic carbocycles. The highest BCUT2D eigenvalue weighted by Crippen LogP contribution is 2.22. The summed E-state index contributed by atoms with van der Waals surface area (Å²) in [5.74, 6) is -0.192. The lowest BCUT2D eigenvalue weighted by atomic mass is 10.2. The van der Waals surface area contributed by atoms with Crippen LogP contribution in [0.5, 0.6) is 0 Å². The number of nitrogens with two attached hydrogens (primary N) is 1. The molecule has 0 aromatic heterocycles. The number of carbonyl (C=O) groups is 1. The van der Waals surface area contributed by atoms with Gasteiger partial charge in [-0.3, -0.25) is 4.79 Å². The average molecular weight is 283 g/mol. The fraction of sp³-hybridized carbons (Fsp3) is 0.417. The molecule has 1 saturated heterocycles. The molecule has 1 amide bonds. The maximum Gasteiger partial charge on any atom is 0.243 e. The summed E-state index contributed by atoms with van der Waals surface area (Å²) in [4.78, 5) is 13.4. The van der Waals surface area contributed by atoms with Crippen LogP contribution < -0.4 is 5.73 Å². The van der Waals surface area contributed by atoms with E-state index in [1.165, 1.54) is 15.3 Å². The molecule has 0 saturated carbocycles. The zero-order valence-electron chi connectivity index (χ0n) is 11.0. The molecule has 7 heteroatoms. The molecule has 1 fully saturated rings. The minimum atomic E-state index is -3.64. The second-order valence-corrected chi connectivity index (χ2v) is 6.59. The molecular weight excluding hydrogens is 266 g/mol.